The third-order valence-electron chi connectivity index (χ3n) is 1.91. The molecule has 0 aliphatic carbocycles. The summed E-state index contributed by atoms with van der Waals surface area (Å²) in [6.07, 6.45) is 0.827. The normalized spacial score (nSPS) is 10.3. The van der Waals surface area contributed by atoms with E-state index >= 15 is 0 Å². The quantitative estimate of drug-likeness (QED) is 0.688. The van der Waals surface area contributed by atoms with Gasteiger partial charge >= 0.3 is 10.4 Å². The molecule has 0 aliphatic rings. The molecule has 0 atom stereocenters. The van der Waals surface area contributed by atoms with Gasteiger partial charge in [0.05, 0.1) is 14.2 Å². The van der Waals surface area contributed by atoms with Gasteiger partial charge in [0.25, 0.3) is 0 Å². The van der Waals surface area contributed by atoms with Crippen LogP contribution in [-0.4, -0.2) is 38.3 Å². The molecule has 0 aliphatic heterocycles. The van der Waals surface area contributed by atoms with Gasteiger partial charge in [-0.1, -0.05) is 6.07 Å². The van der Waals surface area contributed by atoms with Crippen molar-refractivity contribution in [1.82, 2.24) is 0 Å². The lowest BCUT2D eigenvalue weighted by molar-refractivity contribution is 0.381. The molecule has 1 aromatic rings. The van der Waals surface area contributed by atoms with E-state index in [9.17, 15) is 0 Å². The van der Waals surface area contributed by atoms with Crippen molar-refractivity contribution in [3.05, 3.63) is 23.8 Å². The number of ether oxygens (including phenoxy) is 2. The molecule has 0 aromatic heterocycles. The highest BCUT2D eigenvalue weighted by Crippen LogP contribution is 2.24. The third kappa shape index (κ3) is 7.85. The summed E-state index contributed by atoms with van der Waals surface area (Å²) in [5, 5.41) is 0. The standard InChI is InChI=1S/C10H15NO2.H2O4S/c1-12-9-4-3-8(5-6-11)10(7-9)13-2;1-5(2,3)4/h3-4,7H,5-6,11H2,1-2H3;(H2,1,2,3,4). The van der Waals surface area contributed by atoms with E-state index in [-0.39, 0.29) is 0 Å². The Morgan fingerprint density at radius 1 is 1.22 bits per heavy atom. The second-order valence-corrected chi connectivity index (χ2v) is 4.06. The molecule has 0 amide bonds. The minimum atomic E-state index is -4.67. The second kappa shape index (κ2) is 7.88. The summed E-state index contributed by atoms with van der Waals surface area (Å²) in [5.41, 5.74) is 6.58. The molecule has 8 heteroatoms. The molecule has 0 saturated carbocycles. The Hall–Kier alpha value is -1.35. The molecule has 0 unspecified atom stereocenters. The fourth-order valence-electron chi connectivity index (χ4n) is 1.21. The Morgan fingerprint density at radius 2 is 1.78 bits per heavy atom. The highest BCUT2D eigenvalue weighted by molar-refractivity contribution is 7.79. The number of methoxy groups -OCH3 is 2. The number of hydrogen-bond acceptors (Lipinski definition) is 5. The largest absolute Gasteiger partial charge is 0.497 e. The molecule has 104 valence electrons. The maximum atomic E-state index is 8.74. The van der Waals surface area contributed by atoms with Gasteiger partial charge in [0.15, 0.2) is 0 Å². The van der Waals surface area contributed by atoms with E-state index in [4.69, 9.17) is 32.7 Å². The maximum absolute atomic E-state index is 8.74. The van der Waals surface area contributed by atoms with Crippen molar-refractivity contribution in [2.45, 2.75) is 6.42 Å². The van der Waals surface area contributed by atoms with Crippen LogP contribution in [0.5, 0.6) is 11.5 Å². The zero-order valence-electron chi connectivity index (χ0n) is 10.2. The number of hydrogen-bond donors (Lipinski definition) is 3. The van der Waals surface area contributed by atoms with Crippen LogP contribution in [0.4, 0.5) is 0 Å². The minimum absolute atomic E-state index is 0.628. The molecule has 0 heterocycles. The van der Waals surface area contributed by atoms with Crippen LogP contribution in [-0.2, 0) is 16.8 Å². The summed E-state index contributed by atoms with van der Waals surface area (Å²) < 4.78 is 41.9. The summed E-state index contributed by atoms with van der Waals surface area (Å²) >= 11 is 0. The van der Waals surface area contributed by atoms with Crippen molar-refractivity contribution in [1.29, 1.82) is 0 Å². The average Bonchev–Trinajstić information content (AvgIpc) is 2.28. The van der Waals surface area contributed by atoms with Gasteiger partial charge in [-0.05, 0) is 24.6 Å². The van der Waals surface area contributed by atoms with Crippen LogP contribution in [0, 0.1) is 0 Å². The number of benzene rings is 1. The molecule has 0 fully saturated rings. The van der Waals surface area contributed by atoms with Crippen LogP contribution in [0.25, 0.3) is 0 Å². The maximum Gasteiger partial charge on any atom is 0.394 e. The van der Waals surface area contributed by atoms with Gasteiger partial charge in [-0.2, -0.15) is 8.42 Å². The lowest BCUT2D eigenvalue weighted by Gasteiger charge is -2.08. The molecule has 18 heavy (non-hydrogen) atoms. The van der Waals surface area contributed by atoms with Gasteiger partial charge in [0.2, 0.25) is 0 Å². The molecule has 0 saturated heterocycles. The Kier molecular flexibility index (Phi) is 7.29. The number of rotatable bonds is 4. The first-order chi connectivity index (χ1) is 8.31. The van der Waals surface area contributed by atoms with Crippen molar-refractivity contribution in [3.8, 4) is 11.5 Å². The van der Waals surface area contributed by atoms with E-state index < -0.39 is 10.4 Å². The molecule has 1 rings (SSSR count). The Labute approximate surface area is 106 Å². The molecule has 0 bridgehead atoms. The zero-order chi connectivity index (χ0) is 14.2. The smallest absolute Gasteiger partial charge is 0.394 e. The van der Waals surface area contributed by atoms with Gasteiger partial charge in [-0.25, -0.2) is 0 Å². The van der Waals surface area contributed by atoms with Crippen molar-refractivity contribution < 1.29 is 27.0 Å². The lowest BCUT2D eigenvalue weighted by atomic mass is 10.1. The van der Waals surface area contributed by atoms with E-state index in [2.05, 4.69) is 0 Å². The Bertz CT molecular complexity index is 451. The van der Waals surface area contributed by atoms with Gasteiger partial charge < -0.3 is 15.2 Å². The van der Waals surface area contributed by atoms with Crippen LogP contribution < -0.4 is 15.2 Å². The van der Waals surface area contributed by atoms with Gasteiger partial charge in [-0.3, -0.25) is 9.11 Å². The fourth-order valence-corrected chi connectivity index (χ4v) is 1.21. The average molecular weight is 279 g/mol. The first-order valence-electron chi connectivity index (χ1n) is 4.92. The Morgan fingerprint density at radius 3 is 2.17 bits per heavy atom. The second-order valence-electron chi connectivity index (χ2n) is 3.16. The first-order valence-corrected chi connectivity index (χ1v) is 6.32. The summed E-state index contributed by atoms with van der Waals surface area (Å²) in [7, 11) is -1.38. The van der Waals surface area contributed by atoms with Crippen molar-refractivity contribution in [2.75, 3.05) is 20.8 Å². The van der Waals surface area contributed by atoms with Gasteiger partial charge in [0.1, 0.15) is 11.5 Å². The summed E-state index contributed by atoms with van der Waals surface area (Å²) in [6, 6.07) is 5.75. The predicted octanol–water partition coefficient (Wildman–Crippen LogP) is 0.552. The molecular formula is C10H17NO6S. The van der Waals surface area contributed by atoms with Gasteiger partial charge in [-0.15, -0.1) is 0 Å². The molecule has 7 nitrogen and oxygen atoms in total. The first kappa shape index (κ1) is 16.6. The van der Waals surface area contributed by atoms with Crippen LogP contribution in [0.2, 0.25) is 0 Å². The third-order valence-corrected chi connectivity index (χ3v) is 1.91. The SMILES string of the molecule is COc1ccc(CCN)c(OC)c1.O=S(=O)(O)O. The van der Waals surface area contributed by atoms with E-state index in [1.807, 2.05) is 18.2 Å². The molecule has 4 N–H and O–H groups in total. The topological polar surface area (TPSA) is 119 Å². The molecule has 1 aromatic carbocycles. The lowest BCUT2D eigenvalue weighted by Crippen LogP contribution is -2.04. The van der Waals surface area contributed by atoms with Crippen LogP contribution in [0.15, 0.2) is 18.2 Å². The zero-order valence-corrected chi connectivity index (χ0v) is 11.0. The monoisotopic (exact) mass is 279 g/mol. The fraction of sp³-hybridized carbons (Fsp3) is 0.400. The van der Waals surface area contributed by atoms with Crippen molar-refractivity contribution in [3.63, 3.8) is 0 Å². The highest BCUT2D eigenvalue weighted by Gasteiger charge is 2.03. The Balaban J connectivity index is 0.000000494. The van der Waals surface area contributed by atoms with Gasteiger partial charge in [0, 0.05) is 6.07 Å². The molecule has 0 radical (unpaired) electrons. The number of nitrogens with two attached hydrogens (primary N) is 1. The van der Waals surface area contributed by atoms with E-state index in [0.29, 0.717) is 6.54 Å². The van der Waals surface area contributed by atoms with Crippen molar-refractivity contribution in [2.24, 2.45) is 5.73 Å². The summed E-state index contributed by atoms with van der Waals surface area (Å²) in [5.74, 6) is 1.64. The van der Waals surface area contributed by atoms with Crippen LogP contribution >= 0.6 is 0 Å². The predicted molar refractivity (Wildman–Crippen MR) is 66.5 cm³/mol. The summed E-state index contributed by atoms with van der Waals surface area (Å²) in [6.45, 7) is 0.628. The minimum Gasteiger partial charge on any atom is -0.497 e. The van der Waals surface area contributed by atoms with Crippen LogP contribution in [0.3, 0.4) is 0 Å². The van der Waals surface area contributed by atoms with E-state index in [1.165, 1.54) is 0 Å². The molecule has 0 spiro atoms. The highest BCUT2D eigenvalue weighted by atomic mass is 32.3. The van der Waals surface area contributed by atoms with E-state index in [1.54, 1.807) is 14.2 Å². The van der Waals surface area contributed by atoms with Crippen LogP contribution in [0.1, 0.15) is 5.56 Å². The molecular weight excluding hydrogens is 262 g/mol. The van der Waals surface area contributed by atoms with Crippen molar-refractivity contribution >= 4 is 10.4 Å². The van der Waals surface area contributed by atoms with E-state index in [0.717, 1.165) is 23.5 Å². The summed E-state index contributed by atoms with van der Waals surface area (Å²) in [4.78, 5) is 0.